The van der Waals surface area contributed by atoms with Crippen LogP contribution in [0.2, 0.25) is 5.02 Å². The van der Waals surface area contributed by atoms with Crippen LogP contribution >= 0.6 is 11.6 Å². The van der Waals surface area contributed by atoms with E-state index in [4.69, 9.17) is 11.6 Å². The van der Waals surface area contributed by atoms with Crippen LogP contribution in [0.3, 0.4) is 0 Å². The zero-order valence-electron chi connectivity index (χ0n) is 16.5. The van der Waals surface area contributed by atoms with Gasteiger partial charge in [-0.3, -0.25) is 9.59 Å². The molecule has 3 heterocycles. The first kappa shape index (κ1) is 21.5. The Kier molecular flexibility index (Phi) is 5.15. The number of carboxylic acids is 1. The van der Waals surface area contributed by atoms with Crippen LogP contribution < -0.4 is 10.3 Å². The summed E-state index contributed by atoms with van der Waals surface area (Å²) in [6, 6.07) is 1.52. The van der Waals surface area contributed by atoms with Crippen molar-refractivity contribution in [2.75, 3.05) is 31.1 Å². The van der Waals surface area contributed by atoms with Crippen LogP contribution in [0.4, 0.5) is 18.9 Å². The Balaban J connectivity index is 1.78. The molecular weight excluding hydrogens is 439 g/mol. The Morgan fingerprint density at radius 1 is 1.19 bits per heavy atom. The molecule has 0 aliphatic carbocycles. The van der Waals surface area contributed by atoms with Gasteiger partial charge < -0.3 is 19.5 Å². The zero-order valence-corrected chi connectivity index (χ0v) is 17.3. The van der Waals surface area contributed by atoms with E-state index in [-0.39, 0.29) is 48.2 Å². The smallest absolute Gasteiger partial charge is 0.471 e. The number of hydrogen-bond donors (Lipinski definition) is 1. The molecule has 1 saturated heterocycles. The lowest BCUT2D eigenvalue weighted by Gasteiger charge is -2.38. The predicted molar refractivity (Wildman–Crippen MR) is 108 cm³/mol. The minimum atomic E-state index is -4.91. The highest BCUT2D eigenvalue weighted by atomic mass is 35.5. The van der Waals surface area contributed by atoms with Crippen LogP contribution in [0.25, 0.3) is 10.9 Å². The monoisotopic (exact) mass is 457 g/mol. The molecule has 4 rings (SSSR count). The summed E-state index contributed by atoms with van der Waals surface area (Å²) in [7, 11) is 0. The number of rotatable bonds is 2. The summed E-state index contributed by atoms with van der Waals surface area (Å²) in [6.45, 7) is 2.11. The SMILES string of the molecule is CC1CCc2c(N3CCN(C(=O)C(F)(F)F)CC3)cc(Cl)c3c(=O)c(C(=O)O)cn1c23. The molecule has 166 valence electrons. The van der Waals surface area contributed by atoms with Gasteiger partial charge in [-0.2, -0.15) is 13.2 Å². The van der Waals surface area contributed by atoms with Gasteiger partial charge in [0.2, 0.25) is 5.43 Å². The number of carbonyl (C=O) groups is 2. The highest BCUT2D eigenvalue weighted by molar-refractivity contribution is 6.36. The van der Waals surface area contributed by atoms with Crippen molar-refractivity contribution in [1.29, 1.82) is 0 Å². The lowest BCUT2D eigenvalue weighted by molar-refractivity contribution is -0.185. The number of benzene rings is 1. The number of carbonyl (C=O) groups excluding carboxylic acids is 1. The molecule has 1 atom stereocenters. The van der Waals surface area contributed by atoms with E-state index in [0.717, 1.165) is 10.5 Å². The average molecular weight is 458 g/mol. The molecule has 2 aliphatic rings. The van der Waals surface area contributed by atoms with E-state index >= 15 is 0 Å². The third-order valence-electron chi connectivity index (χ3n) is 6.00. The fraction of sp³-hybridized carbons (Fsp3) is 0.450. The normalized spacial score (nSPS) is 19.1. The van der Waals surface area contributed by atoms with Crippen LogP contribution in [0.1, 0.15) is 35.3 Å². The molecule has 1 aromatic carbocycles. The van der Waals surface area contributed by atoms with E-state index in [2.05, 4.69) is 0 Å². The number of hydrogen-bond acceptors (Lipinski definition) is 4. The topological polar surface area (TPSA) is 82.8 Å². The number of aryl methyl sites for hydroxylation is 1. The molecule has 1 fully saturated rings. The van der Waals surface area contributed by atoms with Gasteiger partial charge >= 0.3 is 18.1 Å². The zero-order chi connectivity index (χ0) is 22.7. The molecule has 1 N–H and O–H groups in total. The van der Waals surface area contributed by atoms with E-state index in [1.165, 1.54) is 6.20 Å². The fourth-order valence-electron chi connectivity index (χ4n) is 4.41. The molecule has 0 bridgehead atoms. The third kappa shape index (κ3) is 3.52. The minimum absolute atomic E-state index is 0.0544. The summed E-state index contributed by atoms with van der Waals surface area (Å²) in [5, 5.41) is 9.65. The lowest BCUT2D eigenvalue weighted by atomic mass is 9.93. The van der Waals surface area contributed by atoms with E-state index in [1.807, 2.05) is 11.8 Å². The number of alkyl halides is 3. The second-order valence-corrected chi connectivity index (χ2v) is 8.24. The average Bonchev–Trinajstić information content (AvgIpc) is 2.71. The first-order valence-corrected chi connectivity index (χ1v) is 10.1. The molecule has 0 saturated carbocycles. The van der Waals surface area contributed by atoms with Crippen molar-refractivity contribution < 1.29 is 27.9 Å². The Morgan fingerprint density at radius 3 is 2.42 bits per heavy atom. The molecular formula is C20H19ClF3N3O4. The van der Waals surface area contributed by atoms with E-state index in [9.17, 15) is 32.7 Å². The molecule has 1 amide bonds. The molecule has 2 aliphatic heterocycles. The number of piperazine rings is 1. The van der Waals surface area contributed by atoms with Gasteiger partial charge in [0.05, 0.1) is 15.9 Å². The second-order valence-electron chi connectivity index (χ2n) is 7.83. The van der Waals surface area contributed by atoms with E-state index < -0.39 is 23.5 Å². The molecule has 31 heavy (non-hydrogen) atoms. The molecule has 2 aromatic rings. The highest BCUT2D eigenvalue weighted by Gasteiger charge is 2.43. The molecule has 11 heteroatoms. The van der Waals surface area contributed by atoms with Crippen molar-refractivity contribution >= 4 is 40.1 Å². The highest BCUT2D eigenvalue weighted by Crippen LogP contribution is 2.40. The standard InChI is InChI=1S/C20H19ClF3N3O4/c1-10-2-3-11-14(25-4-6-26(7-5-25)19(31)20(22,23)24)8-13(21)15-16(11)27(10)9-12(17(15)28)18(29)30/h8-10H,2-7H2,1H3,(H,29,30). The first-order valence-electron chi connectivity index (χ1n) is 9.75. The Morgan fingerprint density at radius 2 is 1.84 bits per heavy atom. The second kappa shape index (κ2) is 7.44. The van der Waals surface area contributed by atoms with Gasteiger partial charge in [-0.05, 0) is 25.8 Å². The van der Waals surface area contributed by atoms with Crippen LogP contribution in [0, 0.1) is 0 Å². The molecule has 0 radical (unpaired) electrons. The Bertz CT molecular complexity index is 1150. The van der Waals surface area contributed by atoms with Gasteiger partial charge in [0.15, 0.2) is 0 Å². The molecule has 1 aromatic heterocycles. The predicted octanol–water partition coefficient (Wildman–Crippen LogP) is 3.07. The van der Waals surface area contributed by atoms with Crippen molar-refractivity contribution in [2.24, 2.45) is 0 Å². The summed E-state index contributed by atoms with van der Waals surface area (Å²) in [4.78, 5) is 38.5. The van der Waals surface area contributed by atoms with Crippen molar-refractivity contribution in [2.45, 2.75) is 32.0 Å². The lowest BCUT2D eigenvalue weighted by Crippen LogP contribution is -2.52. The summed E-state index contributed by atoms with van der Waals surface area (Å²) >= 11 is 6.43. The van der Waals surface area contributed by atoms with Gasteiger partial charge in [-0.25, -0.2) is 4.79 Å². The van der Waals surface area contributed by atoms with Gasteiger partial charge in [-0.1, -0.05) is 11.6 Å². The summed E-state index contributed by atoms with van der Waals surface area (Å²) in [6.07, 6.45) is -2.27. The maximum absolute atomic E-state index is 12.8. The van der Waals surface area contributed by atoms with Gasteiger partial charge in [0.25, 0.3) is 0 Å². The summed E-state index contributed by atoms with van der Waals surface area (Å²) in [5.74, 6) is -3.19. The van der Waals surface area contributed by atoms with Crippen molar-refractivity contribution in [3.05, 3.63) is 38.6 Å². The van der Waals surface area contributed by atoms with Crippen LogP contribution in [-0.4, -0.2) is 58.8 Å². The van der Waals surface area contributed by atoms with Crippen LogP contribution in [-0.2, 0) is 11.2 Å². The number of pyridine rings is 1. The van der Waals surface area contributed by atoms with Gasteiger partial charge in [0, 0.05) is 49.7 Å². The molecule has 1 unspecified atom stereocenters. The van der Waals surface area contributed by atoms with Gasteiger partial charge in [0.1, 0.15) is 5.56 Å². The molecule has 7 nitrogen and oxygen atoms in total. The largest absolute Gasteiger partial charge is 0.477 e. The van der Waals surface area contributed by atoms with Crippen LogP contribution in [0.5, 0.6) is 0 Å². The Labute approximate surface area is 179 Å². The minimum Gasteiger partial charge on any atom is -0.477 e. The number of anilines is 1. The number of amides is 1. The van der Waals surface area contributed by atoms with Crippen LogP contribution in [0.15, 0.2) is 17.1 Å². The fourth-order valence-corrected chi connectivity index (χ4v) is 4.69. The number of nitrogens with zero attached hydrogens (tertiary/aromatic N) is 3. The van der Waals surface area contributed by atoms with Crippen molar-refractivity contribution in [3.63, 3.8) is 0 Å². The number of aromatic nitrogens is 1. The molecule has 0 spiro atoms. The number of halogens is 4. The number of aromatic carboxylic acids is 1. The maximum atomic E-state index is 12.8. The van der Waals surface area contributed by atoms with Crippen molar-refractivity contribution in [1.82, 2.24) is 9.47 Å². The number of carboxylic acid groups (broad SMARTS) is 1. The van der Waals surface area contributed by atoms with E-state index in [1.54, 1.807) is 10.6 Å². The maximum Gasteiger partial charge on any atom is 0.471 e. The first-order chi connectivity index (χ1) is 14.5. The summed E-state index contributed by atoms with van der Waals surface area (Å²) < 4.78 is 39.9. The Hall–Kier alpha value is -2.75. The quantitative estimate of drug-likeness (QED) is 0.749. The van der Waals surface area contributed by atoms with Gasteiger partial charge in [-0.15, -0.1) is 0 Å². The third-order valence-corrected chi connectivity index (χ3v) is 6.30. The van der Waals surface area contributed by atoms with Crippen molar-refractivity contribution in [3.8, 4) is 0 Å². The summed E-state index contributed by atoms with van der Waals surface area (Å²) in [5.41, 5.74) is 1.04. The van der Waals surface area contributed by atoms with E-state index in [0.29, 0.717) is 24.0 Å².